The SMILES string of the molecule is O=C(O)C1Cc2nc[nH]c2CN1C(=O)c1cnc[nH]1. The highest BCUT2D eigenvalue weighted by atomic mass is 16.4. The molecule has 0 aliphatic carbocycles. The summed E-state index contributed by atoms with van der Waals surface area (Å²) in [4.78, 5) is 38.3. The Kier molecular flexibility index (Phi) is 2.55. The minimum absolute atomic E-state index is 0.199. The molecular weight excluding hydrogens is 250 g/mol. The lowest BCUT2D eigenvalue weighted by atomic mass is 10.0. The first-order valence-electron chi connectivity index (χ1n) is 5.70. The smallest absolute Gasteiger partial charge is 0.326 e. The van der Waals surface area contributed by atoms with Crippen LogP contribution in [0.1, 0.15) is 21.9 Å². The first kappa shape index (κ1) is 11.5. The molecule has 19 heavy (non-hydrogen) atoms. The predicted octanol–water partition coefficient (Wildman–Crippen LogP) is -0.216. The number of aromatic nitrogens is 4. The van der Waals surface area contributed by atoms with Crippen LogP contribution in [0.2, 0.25) is 0 Å². The van der Waals surface area contributed by atoms with E-state index in [1.807, 2.05) is 0 Å². The lowest BCUT2D eigenvalue weighted by Gasteiger charge is -2.31. The average Bonchev–Trinajstić information content (AvgIpc) is 3.06. The number of hydrogen-bond donors (Lipinski definition) is 3. The molecule has 2 aromatic rings. The van der Waals surface area contributed by atoms with E-state index in [2.05, 4.69) is 19.9 Å². The van der Waals surface area contributed by atoms with E-state index in [1.54, 1.807) is 0 Å². The highest BCUT2D eigenvalue weighted by Gasteiger charge is 2.36. The molecule has 3 N–H and O–H groups in total. The van der Waals surface area contributed by atoms with E-state index in [4.69, 9.17) is 0 Å². The Morgan fingerprint density at radius 3 is 2.89 bits per heavy atom. The van der Waals surface area contributed by atoms with Crippen molar-refractivity contribution < 1.29 is 14.7 Å². The number of aliphatic carboxylic acids is 1. The van der Waals surface area contributed by atoms with Crippen molar-refractivity contribution in [2.24, 2.45) is 0 Å². The number of amides is 1. The first-order valence-corrected chi connectivity index (χ1v) is 5.70. The number of imidazole rings is 2. The molecule has 1 aliphatic rings. The van der Waals surface area contributed by atoms with Gasteiger partial charge in [-0.3, -0.25) is 4.79 Å². The van der Waals surface area contributed by atoms with Crippen molar-refractivity contribution in [3.63, 3.8) is 0 Å². The zero-order chi connectivity index (χ0) is 13.4. The Morgan fingerprint density at radius 2 is 2.21 bits per heavy atom. The number of hydrogen-bond acceptors (Lipinski definition) is 4. The van der Waals surface area contributed by atoms with E-state index in [1.165, 1.54) is 23.8 Å². The maximum absolute atomic E-state index is 12.3. The molecule has 1 aliphatic heterocycles. The number of fused-ring (bicyclic) bond motifs is 1. The zero-order valence-electron chi connectivity index (χ0n) is 9.83. The predicted molar refractivity (Wildman–Crippen MR) is 62.2 cm³/mol. The summed E-state index contributed by atoms with van der Waals surface area (Å²) in [5.74, 6) is -1.42. The van der Waals surface area contributed by atoms with Crippen molar-refractivity contribution in [3.8, 4) is 0 Å². The second kappa shape index (κ2) is 4.23. The van der Waals surface area contributed by atoms with E-state index in [0.717, 1.165) is 5.69 Å². The summed E-state index contributed by atoms with van der Waals surface area (Å²) in [6.45, 7) is 0.199. The third-order valence-corrected chi connectivity index (χ3v) is 3.17. The lowest BCUT2D eigenvalue weighted by molar-refractivity contribution is -0.142. The van der Waals surface area contributed by atoms with Crippen molar-refractivity contribution in [1.29, 1.82) is 0 Å². The summed E-state index contributed by atoms with van der Waals surface area (Å²) in [6, 6.07) is -0.911. The molecule has 1 atom stereocenters. The molecule has 8 heteroatoms. The number of nitrogens with zero attached hydrogens (tertiary/aromatic N) is 3. The second-order valence-electron chi connectivity index (χ2n) is 4.28. The Balaban J connectivity index is 1.95. The largest absolute Gasteiger partial charge is 0.480 e. The van der Waals surface area contributed by atoms with Gasteiger partial charge in [-0.15, -0.1) is 0 Å². The van der Waals surface area contributed by atoms with E-state index in [9.17, 15) is 14.7 Å². The average molecular weight is 261 g/mol. The molecule has 98 valence electrons. The molecule has 1 amide bonds. The summed E-state index contributed by atoms with van der Waals surface area (Å²) in [5, 5.41) is 9.26. The van der Waals surface area contributed by atoms with E-state index in [-0.39, 0.29) is 24.6 Å². The number of carboxylic acid groups (broad SMARTS) is 1. The van der Waals surface area contributed by atoms with Crippen LogP contribution < -0.4 is 0 Å². The van der Waals surface area contributed by atoms with Crippen LogP contribution in [-0.4, -0.2) is 47.9 Å². The van der Waals surface area contributed by atoms with Crippen LogP contribution in [0.25, 0.3) is 0 Å². The molecule has 2 aromatic heterocycles. The number of carbonyl (C=O) groups excluding carboxylic acids is 1. The molecule has 3 heterocycles. The quantitative estimate of drug-likeness (QED) is 0.691. The number of aromatic amines is 2. The fraction of sp³-hybridized carbons (Fsp3) is 0.273. The Bertz CT molecular complexity index is 618. The normalized spacial score (nSPS) is 18.1. The van der Waals surface area contributed by atoms with Gasteiger partial charge in [0.2, 0.25) is 0 Å². The number of rotatable bonds is 2. The van der Waals surface area contributed by atoms with Crippen molar-refractivity contribution in [3.05, 3.63) is 35.9 Å². The minimum Gasteiger partial charge on any atom is -0.480 e. The molecule has 0 aromatic carbocycles. The number of carboxylic acids is 1. The van der Waals surface area contributed by atoms with Gasteiger partial charge in [0.25, 0.3) is 5.91 Å². The van der Waals surface area contributed by atoms with E-state index < -0.39 is 12.0 Å². The summed E-state index contributed by atoms with van der Waals surface area (Å²) in [7, 11) is 0. The summed E-state index contributed by atoms with van der Waals surface area (Å²) in [6.07, 6.45) is 4.47. The summed E-state index contributed by atoms with van der Waals surface area (Å²) in [5.41, 5.74) is 1.74. The van der Waals surface area contributed by atoms with Gasteiger partial charge < -0.3 is 20.0 Å². The van der Waals surface area contributed by atoms with Gasteiger partial charge in [0, 0.05) is 6.42 Å². The van der Waals surface area contributed by atoms with Crippen LogP contribution in [0, 0.1) is 0 Å². The van der Waals surface area contributed by atoms with Crippen molar-refractivity contribution in [2.75, 3.05) is 0 Å². The van der Waals surface area contributed by atoms with Gasteiger partial charge in [-0.2, -0.15) is 0 Å². The van der Waals surface area contributed by atoms with Gasteiger partial charge in [0.15, 0.2) is 0 Å². The maximum atomic E-state index is 12.3. The summed E-state index contributed by atoms with van der Waals surface area (Å²) >= 11 is 0. The van der Waals surface area contributed by atoms with Gasteiger partial charge in [-0.05, 0) is 0 Å². The molecule has 0 fully saturated rings. The standard InChI is InChI=1S/C11H11N5O3/c17-10(7-2-12-4-13-7)16-3-8-6(14-5-15-8)1-9(16)11(18)19/h2,4-5,9H,1,3H2,(H,12,13)(H,14,15)(H,18,19). The molecule has 0 spiro atoms. The molecule has 0 bridgehead atoms. The second-order valence-corrected chi connectivity index (χ2v) is 4.28. The summed E-state index contributed by atoms with van der Waals surface area (Å²) < 4.78 is 0. The van der Waals surface area contributed by atoms with Gasteiger partial charge in [-0.25, -0.2) is 14.8 Å². The Hall–Kier alpha value is -2.64. The third kappa shape index (κ3) is 1.86. The van der Waals surface area contributed by atoms with Gasteiger partial charge in [-0.1, -0.05) is 0 Å². The molecule has 3 rings (SSSR count). The third-order valence-electron chi connectivity index (χ3n) is 3.17. The molecule has 0 saturated carbocycles. The van der Waals surface area contributed by atoms with E-state index >= 15 is 0 Å². The van der Waals surface area contributed by atoms with Crippen LogP contribution in [0.5, 0.6) is 0 Å². The van der Waals surface area contributed by atoms with Crippen LogP contribution in [-0.2, 0) is 17.8 Å². The highest BCUT2D eigenvalue weighted by Crippen LogP contribution is 2.22. The van der Waals surface area contributed by atoms with Crippen molar-refractivity contribution >= 4 is 11.9 Å². The molecule has 0 saturated heterocycles. The molecule has 1 unspecified atom stereocenters. The van der Waals surface area contributed by atoms with Crippen LogP contribution in [0.4, 0.5) is 0 Å². The van der Waals surface area contributed by atoms with Crippen molar-refractivity contribution in [2.45, 2.75) is 19.0 Å². The van der Waals surface area contributed by atoms with Crippen LogP contribution in [0.3, 0.4) is 0 Å². The van der Waals surface area contributed by atoms with Crippen LogP contribution >= 0.6 is 0 Å². The fourth-order valence-corrected chi connectivity index (χ4v) is 2.20. The Labute approximate surface area is 107 Å². The lowest BCUT2D eigenvalue weighted by Crippen LogP contribution is -2.48. The molecular formula is C11H11N5O3. The maximum Gasteiger partial charge on any atom is 0.326 e. The zero-order valence-corrected chi connectivity index (χ0v) is 9.83. The highest BCUT2D eigenvalue weighted by molar-refractivity contribution is 5.95. The fourth-order valence-electron chi connectivity index (χ4n) is 2.20. The number of carbonyl (C=O) groups is 2. The minimum atomic E-state index is -1.04. The molecule has 8 nitrogen and oxygen atoms in total. The topological polar surface area (TPSA) is 115 Å². The van der Waals surface area contributed by atoms with E-state index in [0.29, 0.717) is 5.69 Å². The monoisotopic (exact) mass is 261 g/mol. The van der Waals surface area contributed by atoms with Gasteiger partial charge in [0.1, 0.15) is 11.7 Å². The number of H-pyrrole nitrogens is 2. The first-order chi connectivity index (χ1) is 9.16. The van der Waals surface area contributed by atoms with Crippen molar-refractivity contribution in [1.82, 2.24) is 24.8 Å². The van der Waals surface area contributed by atoms with Gasteiger partial charge in [0.05, 0.1) is 36.8 Å². The molecule has 0 radical (unpaired) electrons. The van der Waals surface area contributed by atoms with Crippen LogP contribution in [0.15, 0.2) is 18.9 Å². The number of nitrogens with one attached hydrogen (secondary N) is 2. The Morgan fingerprint density at radius 1 is 1.37 bits per heavy atom. The van der Waals surface area contributed by atoms with Gasteiger partial charge >= 0.3 is 5.97 Å².